The number of carbonyl (C=O) groups is 5. The number of benzene rings is 3. The topological polar surface area (TPSA) is 365 Å². The Bertz CT molecular complexity index is 5250. The van der Waals surface area contributed by atoms with E-state index in [-0.39, 0.29) is 58.5 Å². The summed E-state index contributed by atoms with van der Waals surface area (Å²) < 4.78 is 54.6. The van der Waals surface area contributed by atoms with Crippen molar-refractivity contribution in [3.63, 3.8) is 0 Å². The molecule has 120 heavy (non-hydrogen) atoms. The Labute approximate surface area is 704 Å². The minimum atomic E-state index is -1.94. The molecule has 0 bridgehead atoms. The van der Waals surface area contributed by atoms with Crippen molar-refractivity contribution in [2.45, 2.75) is 202 Å². The SMILES string of the molecule is C#CC(=O)OC.CC(C)(C)OC(=O)Nc1ccc(=O)n(C(C)(C)CO[Si](C)(C)C(C)(C)C)c1.CC(C)(N)CO.CCC(C)(C)n1cc(C(=O)OC)ccc1=O.COc1ccc2c(OCC(C)(C)n3cc(NC(=O)OC(C)(C)C)ccc3=O)ccnc2c1.COc1ccc2c(OCC(C)(C)n3cc(NC(=O)c4ccccc4)ccc3=O)ccnc2c1. The first kappa shape index (κ1) is 100. The highest BCUT2D eigenvalue weighted by Crippen LogP contribution is 2.38. The molecule has 0 saturated heterocycles. The molecule has 0 aliphatic rings. The number of esters is 2. The van der Waals surface area contributed by atoms with Crippen molar-refractivity contribution in [2.24, 2.45) is 5.73 Å². The van der Waals surface area contributed by atoms with Gasteiger partial charge in [-0.3, -0.25) is 44.6 Å². The van der Waals surface area contributed by atoms with Crippen molar-refractivity contribution in [1.29, 1.82) is 0 Å². The van der Waals surface area contributed by atoms with E-state index >= 15 is 0 Å². The Morgan fingerprint density at radius 3 is 1.19 bits per heavy atom. The molecule has 6 N–H and O–H groups in total. The number of hydrogen-bond donors (Lipinski definition) is 5. The summed E-state index contributed by atoms with van der Waals surface area (Å²) in [4.78, 5) is 116. The first-order valence-corrected chi connectivity index (χ1v) is 41.6. The number of rotatable bonds is 22. The van der Waals surface area contributed by atoms with Gasteiger partial charge in [0.15, 0.2) is 8.32 Å². The molecule has 29 nitrogen and oxygen atoms in total. The van der Waals surface area contributed by atoms with E-state index in [2.05, 4.69) is 75.7 Å². The van der Waals surface area contributed by atoms with Gasteiger partial charge >= 0.3 is 24.1 Å². The number of amides is 3. The van der Waals surface area contributed by atoms with Gasteiger partial charge in [-0.1, -0.05) is 45.9 Å². The maximum atomic E-state index is 12.6. The molecule has 9 rings (SSSR count). The van der Waals surface area contributed by atoms with Crippen LogP contribution in [-0.4, -0.2) is 143 Å². The second-order valence-corrected chi connectivity index (χ2v) is 39.3. The number of nitrogens with one attached hydrogen (secondary N) is 3. The van der Waals surface area contributed by atoms with Crippen molar-refractivity contribution in [1.82, 2.24) is 28.2 Å². The quantitative estimate of drug-likeness (QED) is 0.0138. The number of fused-ring (bicyclic) bond motifs is 2. The molecule has 0 spiro atoms. The first-order chi connectivity index (χ1) is 55.6. The van der Waals surface area contributed by atoms with Crippen molar-refractivity contribution in [3.05, 3.63) is 217 Å². The van der Waals surface area contributed by atoms with E-state index in [4.69, 9.17) is 43.7 Å². The summed E-state index contributed by atoms with van der Waals surface area (Å²) in [5.74, 6) is 3.20. The van der Waals surface area contributed by atoms with Crippen LogP contribution in [0.4, 0.5) is 26.7 Å². The van der Waals surface area contributed by atoms with E-state index in [0.29, 0.717) is 57.8 Å². The van der Waals surface area contributed by atoms with Crippen LogP contribution in [0.3, 0.4) is 0 Å². The average molecular weight is 1680 g/mol. The fourth-order valence-corrected chi connectivity index (χ4v) is 11.3. The van der Waals surface area contributed by atoms with Crippen LogP contribution in [0.1, 0.15) is 166 Å². The van der Waals surface area contributed by atoms with Crippen LogP contribution in [0, 0.1) is 12.3 Å². The highest BCUT2D eigenvalue weighted by molar-refractivity contribution is 6.74. The van der Waals surface area contributed by atoms with Gasteiger partial charge in [0, 0.05) is 107 Å². The molecule has 0 aliphatic heterocycles. The maximum Gasteiger partial charge on any atom is 0.412 e. The fourth-order valence-electron chi connectivity index (χ4n) is 10.2. The van der Waals surface area contributed by atoms with E-state index in [1.165, 1.54) is 49.1 Å². The van der Waals surface area contributed by atoms with Crippen LogP contribution < -0.4 is 62.9 Å². The molecule has 0 fully saturated rings. The molecule has 0 saturated carbocycles. The minimum absolute atomic E-state index is 0.0486. The van der Waals surface area contributed by atoms with Gasteiger partial charge in [-0.05, 0) is 208 Å². The monoisotopic (exact) mass is 1670 g/mol. The summed E-state index contributed by atoms with van der Waals surface area (Å²) in [6.07, 6.45) is 14.0. The molecule has 9 aromatic rings. The summed E-state index contributed by atoms with van der Waals surface area (Å²) in [6.45, 7) is 43.5. The normalized spacial score (nSPS) is 11.7. The molecule has 650 valence electrons. The zero-order chi connectivity index (χ0) is 90.7. The zero-order valence-corrected chi connectivity index (χ0v) is 75.3. The van der Waals surface area contributed by atoms with E-state index in [1.54, 1.807) is 181 Å². The van der Waals surface area contributed by atoms with E-state index in [9.17, 15) is 43.2 Å². The second-order valence-electron chi connectivity index (χ2n) is 34.5. The van der Waals surface area contributed by atoms with Crippen LogP contribution in [-0.2, 0) is 50.3 Å². The Balaban J connectivity index is 0.000000328. The maximum absolute atomic E-state index is 12.6. The lowest BCUT2D eigenvalue weighted by atomic mass is 10.0. The molecular formula is C90H122N10O19Si. The third-order valence-corrected chi connectivity index (χ3v) is 22.9. The lowest BCUT2D eigenvalue weighted by Gasteiger charge is -2.39. The van der Waals surface area contributed by atoms with Gasteiger partial charge in [0.2, 0.25) is 0 Å². The molecule has 0 atom stereocenters. The number of nitrogens with two attached hydrogens (primary N) is 1. The molecule has 0 unspecified atom stereocenters. The van der Waals surface area contributed by atoms with Crippen LogP contribution in [0.2, 0.25) is 18.1 Å². The molecular weight excluding hydrogens is 1550 g/mol. The number of carbonyl (C=O) groups excluding carboxylic acids is 5. The Hall–Kier alpha value is -11.9. The van der Waals surface area contributed by atoms with Crippen molar-refractivity contribution in [3.8, 4) is 35.3 Å². The summed E-state index contributed by atoms with van der Waals surface area (Å²) in [7, 11) is 3.84. The molecule has 30 heteroatoms. The largest absolute Gasteiger partial charge is 0.497 e. The molecule has 3 amide bonds. The van der Waals surface area contributed by atoms with Crippen LogP contribution in [0.5, 0.6) is 23.0 Å². The van der Waals surface area contributed by atoms with E-state index in [0.717, 1.165) is 28.2 Å². The number of anilines is 3. The Kier molecular flexibility index (Phi) is 36.1. The number of aliphatic hydroxyl groups is 1. The van der Waals surface area contributed by atoms with Crippen LogP contribution >= 0.6 is 0 Å². The van der Waals surface area contributed by atoms with Gasteiger partial charge in [-0.2, -0.15) is 0 Å². The molecule has 3 aromatic carbocycles. The molecule has 6 aromatic heterocycles. The third-order valence-electron chi connectivity index (χ3n) is 18.4. The molecule has 0 radical (unpaired) electrons. The lowest BCUT2D eigenvalue weighted by Crippen LogP contribution is -2.47. The summed E-state index contributed by atoms with van der Waals surface area (Å²) in [6, 6.07) is 35.6. The smallest absolute Gasteiger partial charge is 0.412 e. The first-order valence-electron chi connectivity index (χ1n) is 38.7. The van der Waals surface area contributed by atoms with E-state index < -0.39 is 65.8 Å². The molecule has 6 heterocycles. The van der Waals surface area contributed by atoms with Crippen molar-refractivity contribution in [2.75, 3.05) is 70.8 Å². The van der Waals surface area contributed by atoms with Gasteiger partial charge in [0.05, 0.1) is 91.9 Å². The number of aliphatic hydroxyl groups excluding tert-OH is 1. The lowest BCUT2D eigenvalue weighted by molar-refractivity contribution is -0.133. The summed E-state index contributed by atoms with van der Waals surface area (Å²) in [5, 5.41) is 18.3. The van der Waals surface area contributed by atoms with Gasteiger partial charge in [0.25, 0.3) is 28.1 Å². The van der Waals surface area contributed by atoms with Gasteiger partial charge < -0.3 is 76.7 Å². The number of terminal acetylenes is 1. The van der Waals surface area contributed by atoms with E-state index in [1.807, 2.05) is 105 Å². The number of ether oxygens (including phenoxy) is 8. The Morgan fingerprint density at radius 1 is 0.483 bits per heavy atom. The fraction of sp³-hybridized carbons (Fsp3) is 0.433. The van der Waals surface area contributed by atoms with Crippen molar-refractivity contribution >= 4 is 77.2 Å². The average Bonchev–Trinajstić information content (AvgIpc) is 0.811. The number of aromatic nitrogens is 6. The minimum Gasteiger partial charge on any atom is -0.497 e. The summed E-state index contributed by atoms with van der Waals surface area (Å²) in [5.41, 5.74) is 4.68. The summed E-state index contributed by atoms with van der Waals surface area (Å²) >= 11 is 0. The van der Waals surface area contributed by atoms with Crippen molar-refractivity contribution < 1.29 is 71.4 Å². The Morgan fingerprint density at radius 2 is 0.858 bits per heavy atom. The number of pyridine rings is 6. The zero-order valence-electron chi connectivity index (χ0n) is 74.3. The highest BCUT2D eigenvalue weighted by Gasteiger charge is 2.39. The van der Waals surface area contributed by atoms with Crippen LogP contribution in [0.15, 0.2) is 184 Å². The van der Waals surface area contributed by atoms with Crippen LogP contribution in [0.25, 0.3) is 21.8 Å². The number of nitrogens with zero attached hydrogens (tertiary/aromatic N) is 6. The number of methoxy groups -OCH3 is 4. The standard InChI is InChI=1S/C26H25N3O4.C24H29N3O5.C20H36N2O4Si.C12H17NO3.C4H11NO.C4H4O2/c1-26(2,17-33-23-13-14-27-22-15-20(32-3)10-11-21(22)23)29-16-19(9-12-24(29)30)28-25(31)18-7-5-4-6-8-18;1-23(2,3)32-22(29)26-16-7-10-21(28)27(14-16)24(4,5)15-31-20-11-12-25-19-13-17(30-6)8-9-18(19)20;1-18(2,3)26-17(24)21-15-11-12-16(23)22(13-15)20(7,8)14-25-27(9,10)19(4,5)6;1-5-12(2,3)13-8-9(11(15)16-4)6-7-10(13)14;1-4(2,5)3-6;1-3-4(5)6-2/h4-16H,17H2,1-3H3,(H,28,31);7-14H,15H2,1-6H3,(H,26,29);11-13H,14H2,1-10H3,(H,21,24);6-8H,5H2,1-4H3;6H,3,5H2,1-2H3;1H,2H3. The number of hydrogen-bond acceptors (Lipinski definition) is 22. The van der Waals surface area contributed by atoms with Gasteiger partial charge in [-0.15, -0.1) is 6.42 Å². The molecule has 0 aliphatic carbocycles. The van der Waals surface area contributed by atoms with Gasteiger partial charge in [-0.25, -0.2) is 19.2 Å². The third kappa shape index (κ3) is 31.8. The predicted molar refractivity (Wildman–Crippen MR) is 473 cm³/mol. The van der Waals surface area contributed by atoms with Gasteiger partial charge in [0.1, 0.15) is 47.4 Å². The predicted octanol–water partition coefficient (Wildman–Crippen LogP) is 15.3. The second kappa shape index (κ2) is 43.2. The highest BCUT2D eigenvalue weighted by atomic mass is 28.4.